The van der Waals surface area contributed by atoms with Crippen molar-refractivity contribution in [2.45, 2.75) is 26.3 Å². The maximum absolute atomic E-state index is 3.39. The summed E-state index contributed by atoms with van der Waals surface area (Å²) in [5.41, 5.74) is 5.53. The first-order valence-electron chi connectivity index (χ1n) is 5.96. The lowest BCUT2D eigenvalue weighted by molar-refractivity contribution is 0.594. The van der Waals surface area contributed by atoms with Gasteiger partial charge in [0.15, 0.2) is 0 Å². The molecule has 0 radical (unpaired) electrons. The predicted molar refractivity (Wildman–Crippen MR) is 75.7 cm³/mol. The molecule has 0 aliphatic heterocycles. The minimum absolute atomic E-state index is 0.420. The van der Waals surface area contributed by atoms with Crippen LogP contribution in [0.2, 0.25) is 0 Å². The first kappa shape index (κ1) is 12.3. The van der Waals surface area contributed by atoms with Crippen LogP contribution in [0, 0.1) is 13.8 Å². The van der Waals surface area contributed by atoms with Gasteiger partial charge in [-0.3, -0.25) is 0 Å². The Kier molecular flexibility index (Phi) is 3.97. The molecule has 0 fully saturated rings. The fourth-order valence-electron chi connectivity index (χ4n) is 2.03. The van der Waals surface area contributed by atoms with Gasteiger partial charge in [0.1, 0.15) is 0 Å². The first-order chi connectivity index (χ1) is 8.20. The highest BCUT2D eigenvalue weighted by Crippen LogP contribution is 2.21. The van der Waals surface area contributed by atoms with Gasteiger partial charge in [-0.05, 0) is 66.4 Å². The van der Waals surface area contributed by atoms with Gasteiger partial charge in [0.05, 0.1) is 0 Å². The molecular formula is C15H19NS. The van der Waals surface area contributed by atoms with E-state index in [1.165, 1.54) is 22.3 Å². The number of likely N-dealkylation sites (N-methyl/N-ethyl adjacent to an activating group) is 1. The van der Waals surface area contributed by atoms with E-state index in [2.05, 4.69) is 54.2 Å². The van der Waals surface area contributed by atoms with Crippen molar-refractivity contribution in [2.75, 3.05) is 7.05 Å². The summed E-state index contributed by atoms with van der Waals surface area (Å²) >= 11 is 1.76. The molecule has 2 aromatic rings. The van der Waals surface area contributed by atoms with Crippen molar-refractivity contribution in [3.05, 3.63) is 57.3 Å². The van der Waals surface area contributed by atoms with Crippen LogP contribution in [0.5, 0.6) is 0 Å². The van der Waals surface area contributed by atoms with Crippen LogP contribution < -0.4 is 5.32 Å². The van der Waals surface area contributed by atoms with E-state index in [0.29, 0.717) is 6.04 Å². The summed E-state index contributed by atoms with van der Waals surface area (Å²) in [5.74, 6) is 0. The molecule has 1 heterocycles. The highest BCUT2D eigenvalue weighted by molar-refractivity contribution is 7.07. The molecule has 1 aromatic carbocycles. The van der Waals surface area contributed by atoms with Crippen LogP contribution in [-0.2, 0) is 6.42 Å². The minimum atomic E-state index is 0.420. The number of benzene rings is 1. The molecule has 1 nitrogen and oxygen atoms in total. The van der Waals surface area contributed by atoms with E-state index in [4.69, 9.17) is 0 Å². The SMILES string of the molecule is CNC(Cc1ccc(C)c(C)c1)c1ccsc1. The van der Waals surface area contributed by atoms with Crippen molar-refractivity contribution in [3.8, 4) is 0 Å². The van der Waals surface area contributed by atoms with Gasteiger partial charge in [-0.2, -0.15) is 11.3 Å². The van der Waals surface area contributed by atoms with Gasteiger partial charge in [0.2, 0.25) is 0 Å². The topological polar surface area (TPSA) is 12.0 Å². The Morgan fingerprint density at radius 2 is 2.00 bits per heavy atom. The number of rotatable bonds is 4. The Balaban J connectivity index is 2.16. The van der Waals surface area contributed by atoms with Gasteiger partial charge in [-0.25, -0.2) is 0 Å². The lowest BCUT2D eigenvalue weighted by atomic mass is 9.98. The molecule has 0 saturated carbocycles. The summed E-state index contributed by atoms with van der Waals surface area (Å²) in [4.78, 5) is 0. The molecule has 90 valence electrons. The minimum Gasteiger partial charge on any atom is -0.313 e. The van der Waals surface area contributed by atoms with Crippen molar-refractivity contribution in [2.24, 2.45) is 0 Å². The smallest absolute Gasteiger partial charge is 0.0366 e. The van der Waals surface area contributed by atoms with E-state index in [1.807, 2.05) is 7.05 Å². The quantitative estimate of drug-likeness (QED) is 0.862. The zero-order valence-corrected chi connectivity index (χ0v) is 11.5. The number of thiophene rings is 1. The number of hydrogen-bond acceptors (Lipinski definition) is 2. The molecule has 1 aromatic heterocycles. The fourth-order valence-corrected chi connectivity index (χ4v) is 2.74. The molecule has 0 saturated heterocycles. The van der Waals surface area contributed by atoms with Gasteiger partial charge in [0.25, 0.3) is 0 Å². The number of nitrogens with one attached hydrogen (secondary N) is 1. The van der Waals surface area contributed by atoms with E-state index < -0.39 is 0 Å². The molecule has 0 bridgehead atoms. The third-order valence-corrected chi connectivity index (χ3v) is 4.01. The van der Waals surface area contributed by atoms with Gasteiger partial charge in [-0.15, -0.1) is 0 Å². The Morgan fingerprint density at radius 3 is 2.59 bits per heavy atom. The highest BCUT2D eigenvalue weighted by Gasteiger charge is 2.10. The maximum Gasteiger partial charge on any atom is 0.0366 e. The molecule has 0 spiro atoms. The lowest BCUT2D eigenvalue weighted by Gasteiger charge is -2.15. The van der Waals surface area contributed by atoms with Crippen molar-refractivity contribution >= 4 is 11.3 Å². The average molecular weight is 245 g/mol. The van der Waals surface area contributed by atoms with Crippen molar-refractivity contribution < 1.29 is 0 Å². The van der Waals surface area contributed by atoms with Crippen molar-refractivity contribution in [3.63, 3.8) is 0 Å². The fraction of sp³-hybridized carbons (Fsp3) is 0.333. The van der Waals surface area contributed by atoms with Crippen LogP contribution in [0.4, 0.5) is 0 Å². The molecule has 1 atom stereocenters. The summed E-state index contributed by atoms with van der Waals surface area (Å²) in [6.07, 6.45) is 1.05. The largest absolute Gasteiger partial charge is 0.313 e. The molecule has 2 heteroatoms. The highest BCUT2D eigenvalue weighted by atomic mass is 32.1. The van der Waals surface area contributed by atoms with E-state index in [-0.39, 0.29) is 0 Å². The van der Waals surface area contributed by atoms with E-state index in [1.54, 1.807) is 11.3 Å². The van der Waals surface area contributed by atoms with E-state index in [0.717, 1.165) is 6.42 Å². The van der Waals surface area contributed by atoms with E-state index in [9.17, 15) is 0 Å². The predicted octanol–water partition coefficient (Wildman–Crippen LogP) is 3.87. The molecule has 0 aliphatic rings. The normalized spacial score (nSPS) is 12.6. The van der Waals surface area contributed by atoms with Crippen LogP contribution in [0.15, 0.2) is 35.0 Å². The van der Waals surface area contributed by atoms with Crippen molar-refractivity contribution in [1.82, 2.24) is 5.32 Å². The maximum atomic E-state index is 3.39. The first-order valence-corrected chi connectivity index (χ1v) is 6.90. The molecular weight excluding hydrogens is 226 g/mol. The molecule has 0 amide bonds. The second-order valence-electron chi connectivity index (χ2n) is 4.52. The average Bonchev–Trinajstić information content (AvgIpc) is 2.84. The van der Waals surface area contributed by atoms with Crippen LogP contribution in [0.25, 0.3) is 0 Å². The molecule has 1 N–H and O–H groups in total. The third kappa shape index (κ3) is 2.96. The van der Waals surface area contributed by atoms with Gasteiger partial charge in [-0.1, -0.05) is 18.2 Å². The second-order valence-corrected chi connectivity index (χ2v) is 5.30. The molecule has 2 rings (SSSR count). The molecule has 0 aliphatic carbocycles. The van der Waals surface area contributed by atoms with Crippen LogP contribution in [0.1, 0.15) is 28.3 Å². The van der Waals surface area contributed by atoms with Crippen LogP contribution in [0.3, 0.4) is 0 Å². The molecule has 1 unspecified atom stereocenters. The Labute approximate surface area is 108 Å². The van der Waals surface area contributed by atoms with Gasteiger partial charge >= 0.3 is 0 Å². The summed E-state index contributed by atoms with van der Waals surface area (Å²) in [6, 6.07) is 9.37. The standard InChI is InChI=1S/C15H19NS/c1-11-4-5-13(8-12(11)2)9-15(16-3)14-6-7-17-10-14/h4-8,10,15-16H,9H2,1-3H3. The second kappa shape index (κ2) is 5.48. The number of aryl methyl sites for hydroxylation is 2. The molecule has 17 heavy (non-hydrogen) atoms. The van der Waals surface area contributed by atoms with Gasteiger partial charge < -0.3 is 5.32 Å². The van der Waals surface area contributed by atoms with Crippen molar-refractivity contribution in [1.29, 1.82) is 0 Å². The Morgan fingerprint density at radius 1 is 1.18 bits per heavy atom. The Hall–Kier alpha value is -1.12. The van der Waals surface area contributed by atoms with E-state index >= 15 is 0 Å². The summed E-state index contributed by atoms with van der Waals surface area (Å²) < 4.78 is 0. The summed E-state index contributed by atoms with van der Waals surface area (Å²) in [6.45, 7) is 4.34. The third-order valence-electron chi connectivity index (χ3n) is 3.31. The van der Waals surface area contributed by atoms with Gasteiger partial charge in [0, 0.05) is 6.04 Å². The van der Waals surface area contributed by atoms with Crippen LogP contribution in [-0.4, -0.2) is 7.05 Å². The summed E-state index contributed by atoms with van der Waals surface area (Å²) in [5, 5.41) is 7.76. The lowest BCUT2D eigenvalue weighted by Crippen LogP contribution is -2.18. The Bertz CT molecular complexity index is 474. The monoisotopic (exact) mass is 245 g/mol. The van der Waals surface area contributed by atoms with Crippen LogP contribution >= 0.6 is 11.3 Å². The number of hydrogen-bond donors (Lipinski definition) is 1. The zero-order valence-electron chi connectivity index (χ0n) is 10.7. The summed E-state index contributed by atoms with van der Waals surface area (Å²) in [7, 11) is 2.03. The zero-order chi connectivity index (χ0) is 12.3.